The summed E-state index contributed by atoms with van der Waals surface area (Å²) in [6.07, 6.45) is 0. The number of hydrogen-bond acceptors (Lipinski definition) is 2. The van der Waals surface area contributed by atoms with Crippen LogP contribution in [-0.2, 0) is 0 Å². The molecule has 3 nitrogen and oxygen atoms in total. The number of carbonyl (C=O) groups is 1. The molecule has 0 spiro atoms. The van der Waals surface area contributed by atoms with E-state index in [2.05, 4.69) is 10.3 Å². The van der Waals surface area contributed by atoms with Crippen LogP contribution in [-0.4, -0.2) is 18.8 Å². The first-order valence-corrected chi connectivity index (χ1v) is 4.25. The summed E-state index contributed by atoms with van der Waals surface area (Å²) in [6.45, 7) is 1.52. The molecule has 80 valence electrons. The number of aliphatic imine (C=N–C) groups is 1. The number of nitrogens with one attached hydrogen (secondary N) is 1. The van der Waals surface area contributed by atoms with Gasteiger partial charge >= 0.3 is 0 Å². The summed E-state index contributed by atoms with van der Waals surface area (Å²) in [5, 5.41) is 2.26. The fourth-order valence-corrected chi connectivity index (χ4v) is 0.997. The van der Waals surface area contributed by atoms with Gasteiger partial charge in [-0.1, -0.05) is 6.07 Å². The molecule has 5 heteroatoms. The number of amides is 1. The summed E-state index contributed by atoms with van der Waals surface area (Å²) >= 11 is 0. The van der Waals surface area contributed by atoms with Crippen molar-refractivity contribution in [1.82, 2.24) is 5.32 Å². The summed E-state index contributed by atoms with van der Waals surface area (Å²) in [5.41, 5.74) is -0.597. The van der Waals surface area contributed by atoms with Gasteiger partial charge in [0.1, 0.15) is 17.2 Å². The lowest BCUT2D eigenvalue weighted by Crippen LogP contribution is -2.29. The molecule has 0 bridgehead atoms. The van der Waals surface area contributed by atoms with Crippen LogP contribution in [0.4, 0.5) is 8.78 Å². The average molecular weight is 212 g/mol. The normalized spacial score (nSPS) is 11.3. The largest absolute Gasteiger partial charge is 0.310 e. The second-order valence-electron chi connectivity index (χ2n) is 2.86. The van der Waals surface area contributed by atoms with Crippen LogP contribution >= 0.6 is 0 Å². The van der Waals surface area contributed by atoms with Crippen molar-refractivity contribution in [3.63, 3.8) is 0 Å². The van der Waals surface area contributed by atoms with Crippen molar-refractivity contribution in [2.45, 2.75) is 6.92 Å². The number of benzene rings is 1. The number of hydrogen-bond donors (Lipinski definition) is 1. The smallest absolute Gasteiger partial charge is 0.262 e. The van der Waals surface area contributed by atoms with E-state index >= 15 is 0 Å². The number of amidine groups is 1. The Balaban J connectivity index is 3.01. The highest BCUT2D eigenvalue weighted by atomic mass is 19.1. The van der Waals surface area contributed by atoms with Crippen molar-refractivity contribution >= 4 is 11.7 Å². The van der Waals surface area contributed by atoms with Crippen LogP contribution in [0, 0.1) is 11.6 Å². The first-order valence-electron chi connectivity index (χ1n) is 4.25. The molecule has 15 heavy (non-hydrogen) atoms. The second kappa shape index (κ2) is 4.63. The van der Waals surface area contributed by atoms with Gasteiger partial charge < -0.3 is 5.32 Å². The Kier molecular flexibility index (Phi) is 3.49. The Bertz CT molecular complexity index is 396. The quantitative estimate of drug-likeness (QED) is 0.559. The molecule has 0 radical (unpaired) electrons. The van der Waals surface area contributed by atoms with Gasteiger partial charge in [0.2, 0.25) is 0 Å². The maximum atomic E-state index is 13.1. The molecular weight excluding hydrogens is 202 g/mol. The first kappa shape index (κ1) is 11.3. The van der Waals surface area contributed by atoms with Crippen molar-refractivity contribution in [2.24, 2.45) is 4.99 Å². The van der Waals surface area contributed by atoms with E-state index in [1.54, 1.807) is 0 Å². The highest BCUT2D eigenvalue weighted by molar-refractivity contribution is 6.05. The molecule has 0 aliphatic carbocycles. The van der Waals surface area contributed by atoms with E-state index in [4.69, 9.17) is 0 Å². The van der Waals surface area contributed by atoms with E-state index in [9.17, 15) is 13.6 Å². The lowest BCUT2D eigenvalue weighted by Gasteiger charge is -2.05. The standard InChI is InChI=1S/C10H10F2N2O/c1-6(13-2)14-10(15)9-7(11)4-3-5-8(9)12/h3-5H,1-2H3,(H,13,14,15). The predicted octanol–water partition coefficient (Wildman–Crippen LogP) is 1.74. The molecule has 0 aliphatic heterocycles. The molecule has 0 aliphatic rings. The van der Waals surface area contributed by atoms with E-state index in [-0.39, 0.29) is 0 Å². The van der Waals surface area contributed by atoms with Crippen LogP contribution in [0.2, 0.25) is 0 Å². The van der Waals surface area contributed by atoms with E-state index in [1.165, 1.54) is 20.0 Å². The maximum Gasteiger partial charge on any atom is 0.262 e. The topological polar surface area (TPSA) is 41.5 Å². The average Bonchev–Trinajstić information content (AvgIpc) is 2.17. The summed E-state index contributed by atoms with van der Waals surface area (Å²) < 4.78 is 26.2. The van der Waals surface area contributed by atoms with Crippen molar-refractivity contribution in [2.75, 3.05) is 7.05 Å². The zero-order chi connectivity index (χ0) is 11.4. The van der Waals surface area contributed by atoms with Gasteiger partial charge in [0, 0.05) is 7.05 Å². The van der Waals surface area contributed by atoms with Crippen LogP contribution in [0.5, 0.6) is 0 Å². The van der Waals surface area contributed by atoms with Crippen LogP contribution < -0.4 is 5.32 Å². The maximum absolute atomic E-state index is 13.1. The van der Waals surface area contributed by atoms with E-state index in [0.717, 1.165) is 12.1 Å². The molecule has 0 atom stereocenters. The van der Waals surface area contributed by atoms with Crippen molar-refractivity contribution in [1.29, 1.82) is 0 Å². The minimum Gasteiger partial charge on any atom is -0.310 e. The molecular formula is C10H10F2N2O. The van der Waals surface area contributed by atoms with Crippen LogP contribution in [0.25, 0.3) is 0 Å². The molecule has 0 heterocycles. The van der Waals surface area contributed by atoms with Gasteiger partial charge in [-0.2, -0.15) is 0 Å². The molecule has 1 aromatic carbocycles. The van der Waals surface area contributed by atoms with E-state index in [0.29, 0.717) is 5.84 Å². The molecule has 1 rings (SSSR count). The van der Waals surface area contributed by atoms with Gasteiger partial charge in [-0.05, 0) is 19.1 Å². The molecule has 0 fully saturated rings. The Morgan fingerprint density at radius 2 is 1.87 bits per heavy atom. The zero-order valence-corrected chi connectivity index (χ0v) is 8.34. The van der Waals surface area contributed by atoms with Gasteiger partial charge in [-0.3, -0.25) is 9.79 Å². The Morgan fingerprint density at radius 1 is 1.33 bits per heavy atom. The zero-order valence-electron chi connectivity index (χ0n) is 8.34. The fourth-order valence-electron chi connectivity index (χ4n) is 0.997. The molecule has 1 N–H and O–H groups in total. The Labute approximate surface area is 85.8 Å². The minimum atomic E-state index is -0.892. The third-order valence-corrected chi connectivity index (χ3v) is 1.82. The lowest BCUT2D eigenvalue weighted by atomic mass is 10.2. The molecule has 1 amide bonds. The first-order chi connectivity index (χ1) is 7.06. The summed E-state index contributed by atoms with van der Waals surface area (Å²) in [6, 6.07) is 3.25. The summed E-state index contributed by atoms with van der Waals surface area (Å²) in [7, 11) is 1.47. The van der Waals surface area contributed by atoms with Gasteiger partial charge in [0.05, 0.1) is 5.84 Å². The fraction of sp³-hybridized carbons (Fsp3) is 0.200. The number of nitrogens with zero attached hydrogens (tertiary/aromatic N) is 1. The predicted molar refractivity (Wildman–Crippen MR) is 52.9 cm³/mol. The summed E-state index contributed by atoms with van der Waals surface area (Å²) in [4.78, 5) is 15.0. The molecule has 0 aromatic heterocycles. The van der Waals surface area contributed by atoms with E-state index < -0.39 is 23.1 Å². The molecule has 0 saturated heterocycles. The van der Waals surface area contributed by atoms with Crippen LogP contribution in [0.15, 0.2) is 23.2 Å². The van der Waals surface area contributed by atoms with Gasteiger partial charge in [-0.15, -0.1) is 0 Å². The van der Waals surface area contributed by atoms with Gasteiger partial charge in [-0.25, -0.2) is 8.78 Å². The summed E-state index contributed by atoms with van der Waals surface area (Å²) in [5.74, 6) is -2.33. The SMILES string of the molecule is CN=C(C)NC(=O)c1c(F)cccc1F. The molecule has 0 unspecified atom stereocenters. The number of rotatable bonds is 1. The van der Waals surface area contributed by atoms with E-state index in [1.807, 2.05) is 0 Å². The molecule has 1 aromatic rings. The van der Waals surface area contributed by atoms with Crippen molar-refractivity contribution in [3.05, 3.63) is 35.4 Å². The number of halogens is 2. The monoisotopic (exact) mass is 212 g/mol. The van der Waals surface area contributed by atoms with Crippen molar-refractivity contribution in [3.8, 4) is 0 Å². The number of carbonyl (C=O) groups excluding carboxylic acids is 1. The van der Waals surface area contributed by atoms with Crippen LogP contribution in [0.1, 0.15) is 17.3 Å². The van der Waals surface area contributed by atoms with Crippen molar-refractivity contribution < 1.29 is 13.6 Å². The molecule has 0 saturated carbocycles. The second-order valence-corrected chi connectivity index (χ2v) is 2.86. The third kappa shape index (κ3) is 2.59. The lowest BCUT2D eigenvalue weighted by molar-refractivity contribution is 0.0968. The van der Waals surface area contributed by atoms with Crippen LogP contribution in [0.3, 0.4) is 0 Å². The van der Waals surface area contributed by atoms with Gasteiger partial charge in [0.25, 0.3) is 5.91 Å². The third-order valence-electron chi connectivity index (χ3n) is 1.82. The van der Waals surface area contributed by atoms with Gasteiger partial charge in [0.15, 0.2) is 0 Å². The highest BCUT2D eigenvalue weighted by Crippen LogP contribution is 2.11. The Hall–Kier alpha value is -1.78. The minimum absolute atomic E-state index is 0.294. The Morgan fingerprint density at radius 3 is 2.33 bits per heavy atom. The highest BCUT2D eigenvalue weighted by Gasteiger charge is 2.16.